The van der Waals surface area contributed by atoms with Crippen molar-refractivity contribution in [3.05, 3.63) is 40.9 Å². The van der Waals surface area contributed by atoms with Gasteiger partial charge in [0.2, 0.25) is 15.9 Å². The second kappa shape index (κ2) is 7.42. The molecule has 2 N–H and O–H groups in total. The average Bonchev–Trinajstić information content (AvgIpc) is 3.00. The topological polar surface area (TPSA) is 88.2 Å². The monoisotopic (exact) mass is 367 g/mol. The molecule has 0 fully saturated rings. The van der Waals surface area contributed by atoms with Gasteiger partial charge in [0.1, 0.15) is 6.04 Å². The quantitative estimate of drug-likeness (QED) is 0.822. The minimum absolute atomic E-state index is 0.151. The molecule has 1 atom stereocenters. The summed E-state index contributed by atoms with van der Waals surface area (Å²) in [6, 6.07) is 4.01. The van der Waals surface area contributed by atoms with Crippen LogP contribution in [-0.2, 0) is 14.8 Å². The van der Waals surface area contributed by atoms with E-state index in [4.69, 9.17) is 0 Å². The van der Waals surface area contributed by atoms with Crippen LogP contribution in [0.15, 0.2) is 34.7 Å². The van der Waals surface area contributed by atoms with E-state index in [0.29, 0.717) is 5.13 Å². The molecule has 6 nitrogen and oxygen atoms in total. The first-order chi connectivity index (χ1) is 11.2. The molecule has 2 aromatic rings. The third-order valence-corrected chi connectivity index (χ3v) is 5.81. The van der Waals surface area contributed by atoms with Crippen molar-refractivity contribution < 1.29 is 13.2 Å². The van der Waals surface area contributed by atoms with Crippen molar-refractivity contribution in [3.8, 4) is 0 Å². The third-order valence-electron chi connectivity index (χ3n) is 3.68. The van der Waals surface area contributed by atoms with Crippen molar-refractivity contribution in [3.63, 3.8) is 0 Å². The summed E-state index contributed by atoms with van der Waals surface area (Å²) >= 11 is 1.28. The summed E-state index contributed by atoms with van der Waals surface area (Å²) in [6.07, 6.45) is 1.57. The largest absolute Gasteiger partial charge is 0.301 e. The molecule has 1 amide bonds. The van der Waals surface area contributed by atoms with Crippen LogP contribution in [-0.4, -0.2) is 25.4 Å². The Bertz CT molecular complexity index is 815. The molecule has 0 radical (unpaired) electrons. The molecule has 0 aliphatic carbocycles. The van der Waals surface area contributed by atoms with Gasteiger partial charge in [0.25, 0.3) is 0 Å². The number of aryl methyl sites for hydroxylation is 2. The maximum absolute atomic E-state index is 12.6. The molecule has 1 aromatic heterocycles. The van der Waals surface area contributed by atoms with Crippen molar-refractivity contribution in [2.75, 3.05) is 5.32 Å². The van der Waals surface area contributed by atoms with Crippen molar-refractivity contribution >= 4 is 32.4 Å². The third kappa shape index (κ3) is 4.40. The van der Waals surface area contributed by atoms with Crippen LogP contribution in [0.1, 0.15) is 25.0 Å². The SMILES string of the molecule is Cc1ccc(S(=O)(=O)N[C@@H](C(=O)Nc2nccs2)C(C)C)cc1C. The molecule has 8 heteroatoms. The van der Waals surface area contributed by atoms with E-state index in [9.17, 15) is 13.2 Å². The van der Waals surface area contributed by atoms with E-state index < -0.39 is 22.0 Å². The van der Waals surface area contributed by atoms with E-state index in [0.717, 1.165) is 11.1 Å². The highest BCUT2D eigenvalue weighted by Gasteiger charge is 2.29. The molecule has 24 heavy (non-hydrogen) atoms. The van der Waals surface area contributed by atoms with Crippen molar-refractivity contribution in [2.45, 2.75) is 38.6 Å². The maximum atomic E-state index is 12.6. The normalized spacial score (nSPS) is 13.0. The molecule has 0 spiro atoms. The zero-order valence-corrected chi connectivity index (χ0v) is 15.7. The summed E-state index contributed by atoms with van der Waals surface area (Å²) < 4.78 is 27.7. The first kappa shape index (κ1) is 18.6. The van der Waals surface area contributed by atoms with E-state index in [-0.39, 0.29) is 10.8 Å². The van der Waals surface area contributed by atoms with Crippen LogP contribution in [0.25, 0.3) is 0 Å². The predicted molar refractivity (Wildman–Crippen MR) is 95.6 cm³/mol. The number of carbonyl (C=O) groups is 1. The lowest BCUT2D eigenvalue weighted by Crippen LogP contribution is -2.47. The lowest BCUT2D eigenvalue weighted by atomic mass is 10.1. The summed E-state index contributed by atoms with van der Waals surface area (Å²) in [5.41, 5.74) is 1.89. The van der Waals surface area contributed by atoms with E-state index in [1.165, 1.54) is 11.3 Å². The van der Waals surface area contributed by atoms with Crippen molar-refractivity contribution in [1.29, 1.82) is 0 Å². The number of benzene rings is 1. The number of thiazole rings is 1. The summed E-state index contributed by atoms with van der Waals surface area (Å²) in [5.74, 6) is -0.640. The van der Waals surface area contributed by atoms with E-state index in [1.807, 2.05) is 13.8 Å². The second-order valence-electron chi connectivity index (χ2n) is 5.92. The van der Waals surface area contributed by atoms with Gasteiger partial charge in [-0.05, 0) is 43.0 Å². The minimum atomic E-state index is -3.80. The summed E-state index contributed by atoms with van der Waals surface area (Å²) in [7, 11) is -3.80. The first-order valence-electron chi connectivity index (χ1n) is 7.50. The fourth-order valence-electron chi connectivity index (χ4n) is 2.08. The molecular weight excluding hydrogens is 346 g/mol. The fourth-order valence-corrected chi connectivity index (χ4v) is 4.04. The molecule has 0 aliphatic rings. The number of amides is 1. The number of hydrogen-bond acceptors (Lipinski definition) is 5. The van der Waals surface area contributed by atoms with Gasteiger partial charge in [-0.1, -0.05) is 19.9 Å². The lowest BCUT2D eigenvalue weighted by Gasteiger charge is -2.21. The number of rotatable bonds is 6. The summed E-state index contributed by atoms with van der Waals surface area (Å²) in [6.45, 7) is 7.34. The molecule has 1 heterocycles. The highest BCUT2D eigenvalue weighted by Crippen LogP contribution is 2.17. The van der Waals surface area contributed by atoms with Gasteiger partial charge in [-0.3, -0.25) is 4.79 Å². The fraction of sp³-hybridized carbons (Fsp3) is 0.375. The standard InChI is InChI=1S/C16H21N3O3S2/c1-10(2)14(15(20)18-16-17-7-8-23-16)19-24(21,22)13-6-5-11(3)12(4)9-13/h5-10,14,19H,1-4H3,(H,17,18,20)/t14-/m1/s1. The average molecular weight is 367 g/mol. The Morgan fingerprint density at radius 2 is 1.92 bits per heavy atom. The van der Waals surface area contributed by atoms with Crippen LogP contribution in [0, 0.1) is 19.8 Å². The predicted octanol–water partition coefficient (Wildman–Crippen LogP) is 2.70. The van der Waals surface area contributed by atoms with Gasteiger partial charge in [-0.15, -0.1) is 11.3 Å². The number of hydrogen-bond donors (Lipinski definition) is 2. The van der Waals surface area contributed by atoms with Crippen LogP contribution in [0.4, 0.5) is 5.13 Å². The van der Waals surface area contributed by atoms with Crippen molar-refractivity contribution in [1.82, 2.24) is 9.71 Å². The Morgan fingerprint density at radius 1 is 1.21 bits per heavy atom. The number of sulfonamides is 1. The van der Waals surface area contributed by atoms with Gasteiger partial charge in [-0.25, -0.2) is 13.4 Å². The lowest BCUT2D eigenvalue weighted by molar-refractivity contribution is -0.118. The second-order valence-corrected chi connectivity index (χ2v) is 8.52. The van der Waals surface area contributed by atoms with Gasteiger partial charge in [0.05, 0.1) is 4.90 Å². The smallest absolute Gasteiger partial charge is 0.244 e. The highest BCUT2D eigenvalue weighted by atomic mass is 32.2. The molecule has 0 aliphatic heterocycles. The zero-order valence-electron chi connectivity index (χ0n) is 14.0. The molecule has 0 bridgehead atoms. The van der Waals surface area contributed by atoms with Crippen LogP contribution in [0.5, 0.6) is 0 Å². The van der Waals surface area contributed by atoms with Crippen LogP contribution in [0.2, 0.25) is 0 Å². The number of nitrogens with one attached hydrogen (secondary N) is 2. The number of anilines is 1. The zero-order chi connectivity index (χ0) is 17.9. The van der Waals surface area contributed by atoms with E-state index in [2.05, 4.69) is 15.0 Å². The Kier molecular flexibility index (Phi) is 5.74. The molecule has 1 aromatic carbocycles. The minimum Gasteiger partial charge on any atom is -0.301 e. The van der Waals surface area contributed by atoms with Gasteiger partial charge in [0.15, 0.2) is 5.13 Å². The van der Waals surface area contributed by atoms with E-state index in [1.54, 1.807) is 43.6 Å². The summed E-state index contributed by atoms with van der Waals surface area (Å²) in [5, 5.41) is 4.82. The summed E-state index contributed by atoms with van der Waals surface area (Å²) in [4.78, 5) is 16.5. The Morgan fingerprint density at radius 3 is 2.46 bits per heavy atom. The molecular formula is C16H21N3O3S2. The van der Waals surface area contributed by atoms with Gasteiger partial charge in [-0.2, -0.15) is 4.72 Å². The Hall–Kier alpha value is -1.77. The molecule has 0 saturated carbocycles. The molecule has 0 unspecified atom stereocenters. The van der Waals surface area contributed by atoms with Gasteiger partial charge >= 0.3 is 0 Å². The number of carbonyl (C=O) groups excluding carboxylic acids is 1. The maximum Gasteiger partial charge on any atom is 0.244 e. The Balaban J connectivity index is 2.22. The number of nitrogens with zero attached hydrogens (tertiary/aromatic N) is 1. The highest BCUT2D eigenvalue weighted by molar-refractivity contribution is 7.89. The van der Waals surface area contributed by atoms with Gasteiger partial charge < -0.3 is 5.32 Å². The molecule has 2 rings (SSSR count). The van der Waals surface area contributed by atoms with Gasteiger partial charge in [0, 0.05) is 11.6 Å². The van der Waals surface area contributed by atoms with Crippen molar-refractivity contribution in [2.24, 2.45) is 5.92 Å². The first-order valence-corrected chi connectivity index (χ1v) is 9.87. The van der Waals surface area contributed by atoms with Crippen LogP contribution in [0.3, 0.4) is 0 Å². The molecule has 130 valence electrons. The molecule has 0 saturated heterocycles. The van der Waals surface area contributed by atoms with Crippen LogP contribution >= 0.6 is 11.3 Å². The van der Waals surface area contributed by atoms with E-state index >= 15 is 0 Å². The number of aromatic nitrogens is 1. The van der Waals surface area contributed by atoms with Crippen LogP contribution < -0.4 is 10.0 Å². The Labute approximate surface area is 146 Å².